The van der Waals surface area contributed by atoms with Gasteiger partial charge in [0, 0.05) is 42.2 Å². The largest absolute Gasteiger partial charge is 0.330 e. The summed E-state index contributed by atoms with van der Waals surface area (Å²) in [5.74, 6) is 0. The van der Waals surface area contributed by atoms with Crippen molar-refractivity contribution in [3.8, 4) is 0 Å². The molecule has 3 N–H and O–H groups in total. The maximum absolute atomic E-state index is 12.6. The Labute approximate surface area is 212 Å². The maximum Gasteiger partial charge on any atom is 0.326 e. The van der Waals surface area contributed by atoms with Crippen molar-refractivity contribution in [1.82, 2.24) is 14.5 Å². The fourth-order valence-electron chi connectivity index (χ4n) is 5.90. The van der Waals surface area contributed by atoms with Gasteiger partial charge in [0.1, 0.15) is 0 Å². The molecule has 0 radical (unpaired) electrons. The van der Waals surface area contributed by atoms with Crippen LogP contribution in [0.1, 0.15) is 50.1 Å². The number of aromatic nitrogens is 2. The van der Waals surface area contributed by atoms with E-state index in [1.165, 1.54) is 18.4 Å². The lowest BCUT2D eigenvalue weighted by Gasteiger charge is -2.45. The van der Waals surface area contributed by atoms with E-state index in [2.05, 4.69) is 22.0 Å². The number of hydrogen-bond acceptors (Lipinski definition) is 3. The van der Waals surface area contributed by atoms with E-state index >= 15 is 0 Å². The van der Waals surface area contributed by atoms with Gasteiger partial charge in [0.2, 0.25) is 0 Å². The van der Waals surface area contributed by atoms with Gasteiger partial charge in [-0.2, -0.15) is 0 Å². The molecule has 0 amide bonds. The summed E-state index contributed by atoms with van der Waals surface area (Å²) < 4.78 is 1.98. The number of likely N-dealkylation sites (tertiary alicyclic amines) is 1. The standard InChI is InChI=1S/C25H31ClN4O.2ClH/c26-19-5-3-4-18(16-19)25(17-27)12-8-20(9-13-25)29-14-10-21(11-15-29)30-23-7-2-1-6-22(23)28-24(30)31;;/h1-7,16,20-21H,8-15,17,27H2,(H,28,31);2*1H. The first kappa shape index (κ1) is 26.1. The summed E-state index contributed by atoms with van der Waals surface area (Å²) in [6.45, 7) is 2.77. The number of aromatic amines is 1. The molecule has 1 saturated carbocycles. The van der Waals surface area contributed by atoms with Crippen LogP contribution in [0.5, 0.6) is 0 Å². The summed E-state index contributed by atoms with van der Waals surface area (Å²) in [7, 11) is 0. The number of nitrogens with two attached hydrogens (primary N) is 1. The van der Waals surface area contributed by atoms with Crippen molar-refractivity contribution < 1.29 is 0 Å². The second-order valence-electron chi connectivity index (χ2n) is 9.31. The van der Waals surface area contributed by atoms with Gasteiger partial charge >= 0.3 is 5.69 Å². The number of benzene rings is 2. The number of para-hydroxylation sites is 2. The van der Waals surface area contributed by atoms with Crippen LogP contribution in [-0.4, -0.2) is 40.1 Å². The van der Waals surface area contributed by atoms with Crippen LogP contribution in [0.3, 0.4) is 0 Å². The van der Waals surface area contributed by atoms with Gasteiger partial charge in [-0.05, 0) is 68.4 Å². The molecule has 2 aliphatic rings. The van der Waals surface area contributed by atoms with Crippen LogP contribution in [0.4, 0.5) is 0 Å². The lowest BCUT2D eigenvalue weighted by atomic mass is 9.68. The molecule has 1 aliphatic carbocycles. The first-order chi connectivity index (χ1) is 15.1. The Hall–Kier alpha value is -1.50. The summed E-state index contributed by atoms with van der Waals surface area (Å²) in [5, 5.41) is 0.794. The Balaban J connectivity index is 0.00000153. The smallest absolute Gasteiger partial charge is 0.326 e. The highest BCUT2D eigenvalue weighted by Gasteiger charge is 2.38. The van der Waals surface area contributed by atoms with E-state index in [1.54, 1.807) is 0 Å². The average Bonchev–Trinajstić information content (AvgIpc) is 3.15. The van der Waals surface area contributed by atoms with Crippen LogP contribution >= 0.6 is 36.4 Å². The summed E-state index contributed by atoms with van der Waals surface area (Å²) >= 11 is 6.26. The number of imidazole rings is 1. The predicted octanol–water partition coefficient (Wildman–Crippen LogP) is 5.30. The van der Waals surface area contributed by atoms with Gasteiger partial charge in [0.15, 0.2) is 0 Å². The number of nitrogens with one attached hydrogen (secondary N) is 1. The van der Waals surface area contributed by atoms with Crippen LogP contribution in [0.25, 0.3) is 11.0 Å². The number of piperidine rings is 1. The molecule has 2 heterocycles. The molecule has 0 atom stereocenters. The Morgan fingerprint density at radius 3 is 2.33 bits per heavy atom. The zero-order valence-electron chi connectivity index (χ0n) is 18.7. The molecule has 33 heavy (non-hydrogen) atoms. The van der Waals surface area contributed by atoms with Crippen molar-refractivity contribution in [2.75, 3.05) is 19.6 Å². The Kier molecular flexibility index (Phi) is 8.57. The van der Waals surface area contributed by atoms with E-state index in [-0.39, 0.29) is 42.0 Å². The monoisotopic (exact) mass is 510 g/mol. The minimum absolute atomic E-state index is 0. The fourth-order valence-corrected chi connectivity index (χ4v) is 6.09. The summed E-state index contributed by atoms with van der Waals surface area (Å²) in [6, 6.07) is 17.1. The van der Waals surface area contributed by atoms with Gasteiger partial charge in [0.05, 0.1) is 11.0 Å². The highest BCUT2D eigenvalue weighted by Crippen LogP contribution is 2.41. The lowest BCUT2D eigenvalue weighted by Crippen LogP contribution is -2.48. The maximum atomic E-state index is 12.6. The third-order valence-electron chi connectivity index (χ3n) is 7.74. The van der Waals surface area contributed by atoms with Crippen LogP contribution < -0.4 is 11.4 Å². The van der Waals surface area contributed by atoms with Crippen LogP contribution in [0.2, 0.25) is 5.02 Å². The Morgan fingerprint density at radius 2 is 1.67 bits per heavy atom. The molecule has 5 nitrogen and oxygen atoms in total. The molecule has 0 bridgehead atoms. The van der Waals surface area contributed by atoms with E-state index in [9.17, 15) is 4.79 Å². The minimum atomic E-state index is 0. The molecule has 1 aliphatic heterocycles. The second kappa shape index (κ2) is 10.8. The summed E-state index contributed by atoms with van der Waals surface area (Å²) in [5.41, 5.74) is 9.60. The topological polar surface area (TPSA) is 67.0 Å². The molecule has 1 aromatic heterocycles. The molecule has 5 rings (SSSR count). The number of rotatable bonds is 4. The molecule has 2 fully saturated rings. The van der Waals surface area contributed by atoms with E-state index in [0.29, 0.717) is 12.6 Å². The SMILES string of the molecule is Cl.Cl.NCC1(c2cccc(Cl)c2)CCC(N2CCC(n3c(=O)[nH]c4ccccc43)CC2)CC1. The lowest BCUT2D eigenvalue weighted by molar-refractivity contribution is 0.0895. The number of H-pyrrole nitrogens is 1. The van der Waals surface area contributed by atoms with Gasteiger partial charge in [-0.15, -0.1) is 24.8 Å². The van der Waals surface area contributed by atoms with Crippen molar-refractivity contribution in [2.24, 2.45) is 5.73 Å². The quantitative estimate of drug-likeness (QED) is 0.499. The predicted molar refractivity (Wildman–Crippen MR) is 141 cm³/mol. The molecule has 0 unspecified atom stereocenters. The van der Waals surface area contributed by atoms with Crippen molar-refractivity contribution in [3.63, 3.8) is 0 Å². The molecule has 3 aromatic rings. The number of halogens is 3. The molecule has 1 saturated heterocycles. The van der Waals surface area contributed by atoms with Crippen molar-refractivity contribution in [2.45, 2.75) is 56.0 Å². The molecular formula is C25H33Cl3N4O. The second-order valence-corrected chi connectivity index (χ2v) is 9.75. The van der Waals surface area contributed by atoms with Gasteiger partial charge in [-0.25, -0.2) is 4.79 Å². The zero-order valence-corrected chi connectivity index (χ0v) is 21.1. The normalized spacial score (nSPS) is 24.2. The van der Waals surface area contributed by atoms with Crippen LogP contribution in [0.15, 0.2) is 53.3 Å². The molecule has 8 heteroatoms. The number of hydrogen-bond donors (Lipinski definition) is 2. The fraction of sp³-hybridized carbons (Fsp3) is 0.480. The zero-order chi connectivity index (χ0) is 21.4. The van der Waals surface area contributed by atoms with Crippen LogP contribution in [0, 0.1) is 0 Å². The number of fused-ring (bicyclic) bond motifs is 1. The number of nitrogens with zero attached hydrogens (tertiary/aromatic N) is 2. The first-order valence-electron chi connectivity index (χ1n) is 11.5. The Bertz CT molecular complexity index is 1110. The third kappa shape index (κ3) is 4.98. The summed E-state index contributed by atoms with van der Waals surface area (Å²) in [6.07, 6.45) is 6.60. The Morgan fingerprint density at radius 1 is 0.970 bits per heavy atom. The van der Waals surface area contributed by atoms with E-state index in [0.717, 1.165) is 54.8 Å². The van der Waals surface area contributed by atoms with Crippen molar-refractivity contribution >= 4 is 47.4 Å². The van der Waals surface area contributed by atoms with Crippen LogP contribution in [-0.2, 0) is 5.41 Å². The molecule has 180 valence electrons. The first-order valence-corrected chi connectivity index (χ1v) is 11.9. The van der Waals surface area contributed by atoms with E-state index < -0.39 is 0 Å². The summed E-state index contributed by atoms with van der Waals surface area (Å²) in [4.78, 5) is 18.2. The van der Waals surface area contributed by atoms with Gasteiger partial charge in [-0.3, -0.25) is 4.57 Å². The highest BCUT2D eigenvalue weighted by molar-refractivity contribution is 6.30. The van der Waals surface area contributed by atoms with E-state index in [1.807, 2.05) is 41.0 Å². The average molecular weight is 512 g/mol. The van der Waals surface area contributed by atoms with Gasteiger partial charge in [-0.1, -0.05) is 35.9 Å². The third-order valence-corrected chi connectivity index (χ3v) is 7.98. The van der Waals surface area contributed by atoms with Crippen molar-refractivity contribution in [3.05, 3.63) is 69.6 Å². The van der Waals surface area contributed by atoms with E-state index in [4.69, 9.17) is 17.3 Å². The van der Waals surface area contributed by atoms with Gasteiger partial charge < -0.3 is 15.6 Å². The minimum Gasteiger partial charge on any atom is -0.330 e. The highest BCUT2D eigenvalue weighted by atomic mass is 35.5. The molecule has 2 aromatic carbocycles. The van der Waals surface area contributed by atoms with Gasteiger partial charge in [0.25, 0.3) is 0 Å². The molecular weight excluding hydrogens is 479 g/mol. The molecule has 0 spiro atoms. The van der Waals surface area contributed by atoms with Crippen molar-refractivity contribution in [1.29, 1.82) is 0 Å².